The SMILES string of the molecule is O=C(O)C1CN(Cc2cc(-c3ccccc3)no2)C1. The van der Waals surface area contributed by atoms with Crippen LogP contribution in [0.3, 0.4) is 0 Å². The molecule has 1 saturated heterocycles. The minimum atomic E-state index is -0.723. The molecular formula is C14H14N2O3. The van der Waals surface area contributed by atoms with E-state index in [0.717, 1.165) is 17.0 Å². The lowest BCUT2D eigenvalue weighted by atomic mass is 10.0. The highest BCUT2D eigenvalue weighted by atomic mass is 16.5. The van der Waals surface area contributed by atoms with Gasteiger partial charge in [0.05, 0.1) is 12.5 Å². The van der Waals surface area contributed by atoms with E-state index in [1.807, 2.05) is 41.3 Å². The monoisotopic (exact) mass is 258 g/mol. The van der Waals surface area contributed by atoms with Gasteiger partial charge in [-0.05, 0) is 0 Å². The maximum Gasteiger partial charge on any atom is 0.309 e. The van der Waals surface area contributed by atoms with Gasteiger partial charge in [0.1, 0.15) is 5.69 Å². The van der Waals surface area contributed by atoms with Crippen LogP contribution in [0.1, 0.15) is 5.76 Å². The van der Waals surface area contributed by atoms with E-state index in [1.54, 1.807) is 0 Å². The van der Waals surface area contributed by atoms with Gasteiger partial charge < -0.3 is 9.63 Å². The van der Waals surface area contributed by atoms with Crippen molar-refractivity contribution in [2.75, 3.05) is 13.1 Å². The van der Waals surface area contributed by atoms with Crippen LogP contribution >= 0.6 is 0 Å². The first-order valence-corrected chi connectivity index (χ1v) is 6.18. The molecule has 1 aliphatic rings. The summed E-state index contributed by atoms with van der Waals surface area (Å²) in [5.74, 6) is -0.196. The molecule has 0 unspecified atom stereocenters. The van der Waals surface area contributed by atoms with Gasteiger partial charge in [-0.25, -0.2) is 0 Å². The maximum absolute atomic E-state index is 10.7. The van der Waals surface area contributed by atoms with E-state index < -0.39 is 5.97 Å². The largest absolute Gasteiger partial charge is 0.481 e. The number of likely N-dealkylation sites (tertiary alicyclic amines) is 1. The fourth-order valence-corrected chi connectivity index (χ4v) is 2.21. The van der Waals surface area contributed by atoms with E-state index in [9.17, 15) is 4.79 Å². The second-order valence-electron chi connectivity index (χ2n) is 4.77. The van der Waals surface area contributed by atoms with Crippen LogP contribution < -0.4 is 0 Å². The Labute approximate surface area is 110 Å². The van der Waals surface area contributed by atoms with E-state index >= 15 is 0 Å². The van der Waals surface area contributed by atoms with Crippen LogP contribution in [0.4, 0.5) is 0 Å². The van der Waals surface area contributed by atoms with Crippen LogP contribution in [0.5, 0.6) is 0 Å². The van der Waals surface area contributed by atoms with Crippen molar-refractivity contribution in [1.82, 2.24) is 10.1 Å². The van der Waals surface area contributed by atoms with E-state index in [-0.39, 0.29) is 5.92 Å². The van der Waals surface area contributed by atoms with E-state index in [0.29, 0.717) is 19.6 Å². The summed E-state index contributed by atoms with van der Waals surface area (Å²) >= 11 is 0. The lowest BCUT2D eigenvalue weighted by Crippen LogP contribution is -2.49. The van der Waals surface area contributed by atoms with Crippen molar-refractivity contribution in [3.63, 3.8) is 0 Å². The van der Waals surface area contributed by atoms with Crippen LogP contribution in [0.2, 0.25) is 0 Å². The second-order valence-corrected chi connectivity index (χ2v) is 4.77. The molecular weight excluding hydrogens is 244 g/mol. The van der Waals surface area contributed by atoms with Crippen molar-refractivity contribution in [3.05, 3.63) is 42.2 Å². The van der Waals surface area contributed by atoms with Gasteiger partial charge in [0.25, 0.3) is 0 Å². The van der Waals surface area contributed by atoms with Gasteiger partial charge in [0, 0.05) is 24.7 Å². The highest BCUT2D eigenvalue weighted by molar-refractivity contribution is 5.71. The van der Waals surface area contributed by atoms with Crippen LogP contribution in [-0.4, -0.2) is 34.2 Å². The molecule has 2 aromatic rings. The van der Waals surface area contributed by atoms with Gasteiger partial charge in [0.15, 0.2) is 5.76 Å². The number of carboxylic acid groups (broad SMARTS) is 1. The summed E-state index contributed by atoms with van der Waals surface area (Å²) in [5, 5.41) is 12.8. The smallest absolute Gasteiger partial charge is 0.309 e. The summed E-state index contributed by atoms with van der Waals surface area (Å²) < 4.78 is 5.28. The van der Waals surface area contributed by atoms with E-state index in [4.69, 9.17) is 9.63 Å². The Kier molecular flexibility index (Phi) is 3.05. The molecule has 0 spiro atoms. The molecule has 3 rings (SSSR count). The molecule has 98 valence electrons. The van der Waals surface area contributed by atoms with Crippen molar-refractivity contribution in [2.45, 2.75) is 6.54 Å². The third kappa shape index (κ3) is 2.51. The summed E-state index contributed by atoms with van der Waals surface area (Å²) in [5.41, 5.74) is 1.83. The number of hydrogen-bond donors (Lipinski definition) is 1. The number of hydrogen-bond acceptors (Lipinski definition) is 4. The molecule has 0 aliphatic carbocycles. The number of aliphatic carboxylic acids is 1. The summed E-state index contributed by atoms with van der Waals surface area (Å²) in [6.45, 7) is 1.77. The van der Waals surface area contributed by atoms with Crippen LogP contribution in [0.25, 0.3) is 11.3 Å². The molecule has 2 heterocycles. The zero-order chi connectivity index (χ0) is 13.2. The first-order valence-electron chi connectivity index (χ1n) is 6.18. The third-order valence-corrected chi connectivity index (χ3v) is 3.31. The van der Waals surface area contributed by atoms with Gasteiger partial charge >= 0.3 is 5.97 Å². The standard InChI is InChI=1S/C14H14N2O3/c17-14(18)11-7-16(8-11)9-12-6-13(15-19-12)10-4-2-1-3-5-10/h1-6,11H,7-9H2,(H,17,18). The van der Waals surface area contributed by atoms with Gasteiger partial charge in [-0.1, -0.05) is 35.5 Å². The number of benzene rings is 1. The topological polar surface area (TPSA) is 66.6 Å². The molecule has 0 atom stereocenters. The Balaban J connectivity index is 1.62. The molecule has 1 N–H and O–H groups in total. The maximum atomic E-state index is 10.7. The van der Waals surface area contributed by atoms with Crippen LogP contribution in [0, 0.1) is 5.92 Å². The Morgan fingerprint density at radius 3 is 2.79 bits per heavy atom. The number of carbonyl (C=O) groups is 1. The predicted molar refractivity (Wildman–Crippen MR) is 68.3 cm³/mol. The molecule has 0 bridgehead atoms. The molecule has 1 aliphatic heterocycles. The second kappa shape index (κ2) is 4.85. The zero-order valence-electron chi connectivity index (χ0n) is 10.3. The number of nitrogens with zero attached hydrogens (tertiary/aromatic N) is 2. The average molecular weight is 258 g/mol. The summed E-state index contributed by atoms with van der Waals surface area (Å²) in [4.78, 5) is 12.7. The lowest BCUT2D eigenvalue weighted by molar-refractivity contribution is -0.147. The highest BCUT2D eigenvalue weighted by Gasteiger charge is 2.32. The van der Waals surface area contributed by atoms with Crippen molar-refractivity contribution in [2.24, 2.45) is 5.92 Å². The fourth-order valence-electron chi connectivity index (χ4n) is 2.21. The van der Waals surface area contributed by atoms with Gasteiger partial charge in [0.2, 0.25) is 0 Å². The van der Waals surface area contributed by atoms with E-state index in [1.165, 1.54) is 0 Å². The molecule has 0 saturated carbocycles. The van der Waals surface area contributed by atoms with Crippen molar-refractivity contribution in [3.8, 4) is 11.3 Å². The molecule has 1 fully saturated rings. The van der Waals surface area contributed by atoms with Crippen molar-refractivity contribution >= 4 is 5.97 Å². The number of aromatic nitrogens is 1. The van der Waals surface area contributed by atoms with E-state index in [2.05, 4.69) is 5.16 Å². The molecule has 0 radical (unpaired) electrons. The molecule has 0 amide bonds. The number of rotatable bonds is 4. The minimum absolute atomic E-state index is 0.239. The van der Waals surface area contributed by atoms with Gasteiger partial charge in [-0.3, -0.25) is 9.69 Å². The molecule has 1 aromatic carbocycles. The molecule has 1 aromatic heterocycles. The minimum Gasteiger partial charge on any atom is -0.481 e. The van der Waals surface area contributed by atoms with Crippen LogP contribution in [0.15, 0.2) is 40.9 Å². The summed E-state index contributed by atoms with van der Waals surface area (Å²) in [6, 6.07) is 11.7. The Hall–Kier alpha value is -2.14. The van der Waals surface area contributed by atoms with Gasteiger partial charge in [-0.2, -0.15) is 0 Å². The average Bonchev–Trinajstić information content (AvgIpc) is 2.82. The Morgan fingerprint density at radius 1 is 1.37 bits per heavy atom. The van der Waals surface area contributed by atoms with Crippen molar-refractivity contribution < 1.29 is 14.4 Å². The Morgan fingerprint density at radius 2 is 2.11 bits per heavy atom. The normalized spacial score (nSPS) is 16.2. The fraction of sp³-hybridized carbons (Fsp3) is 0.286. The quantitative estimate of drug-likeness (QED) is 0.906. The van der Waals surface area contributed by atoms with Crippen molar-refractivity contribution in [1.29, 1.82) is 0 Å². The van der Waals surface area contributed by atoms with Crippen LogP contribution in [-0.2, 0) is 11.3 Å². The molecule has 5 nitrogen and oxygen atoms in total. The Bertz CT molecular complexity index is 573. The predicted octanol–water partition coefficient (Wildman–Crippen LogP) is 1.86. The molecule has 19 heavy (non-hydrogen) atoms. The molecule has 5 heteroatoms. The first kappa shape index (κ1) is 11.9. The summed E-state index contributed by atoms with van der Waals surface area (Å²) in [6.07, 6.45) is 0. The number of carboxylic acids is 1. The summed E-state index contributed by atoms with van der Waals surface area (Å²) in [7, 11) is 0. The van der Waals surface area contributed by atoms with Gasteiger partial charge in [-0.15, -0.1) is 0 Å². The third-order valence-electron chi connectivity index (χ3n) is 3.31. The first-order chi connectivity index (χ1) is 9.22. The zero-order valence-corrected chi connectivity index (χ0v) is 10.3. The lowest BCUT2D eigenvalue weighted by Gasteiger charge is -2.35. The highest BCUT2D eigenvalue weighted by Crippen LogP contribution is 2.22.